The van der Waals surface area contributed by atoms with E-state index in [0.717, 1.165) is 44.8 Å². The highest BCUT2D eigenvalue weighted by Gasteiger charge is 2.22. The summed E-state index contributed by atoms with van der Waals surface area (Å²) in [4.78, 5) is 2.40. The Morgan fingerprint density at radius 1 is 1.50 bits per heavy atom. The highest BCUT2D eigenvalue weighted by molar-refractivity contribution is 4.90. The number of likely N-dealkylation sites (N-methyl/N-ethyl adjacent to an activating group) is 1. The molecule has 0 saturated heterocycles. The summed E-state index contributed by atoms with van der Waals surface area (Å²) in [6, 6.07) is 0. The summed E-state index contributed by atoms with van der Waals surface area (Å²) in [5.74, 6) is 1.06. The Hall–Kier alpha value is -0.980. The third kappa shape index (κ3) is 3.07. The molecular weight excluding hydrogens is 230 g/mol. The Bertz CT molecular complexity index is 374. The summed E-state index contributed by atoms with van der Waals surface area (Å²) in [5.41, 5.74) is -0.157. The molecular formula is C12H23N5O. The molecule has 1 unspecified atom stereocenters. The fraction of sp³-hybridized carbons (Fsp3) is 0.833. The van der Waals surface area contributed by atoms with Crippen molar-refractivity contribution in [3.8, 4) is 0 Å². The van der Waals surface area contributed by atoms with E-state index in [0.29, 0.717) is 0 Å². The summed E-state index contributed by atoms with van der Waals surface area (Å²) in [7, 11) is 1.90. The summed E-state index contributed by atoms with van der Waals surface area (Å²) < 4.78 is 2.11. The van der Waals surface area contributed by atoms with Gasteiger partial charge in [-0.3, -0.25) is 4.90 Å². The molecule has 1 aliphatic heterocycles. The van der Waals surface area contributed by atoms with E-state index in [-0.39, 0.29) is 12.1 Å². The van der Waals surface area contributed by atoms with Crippen LogP contribution in [0, 0.1) is 0 Å². The Morgan fingerprint density at radius 3 is 3.06 bits per heavy atom. The van der Waals surface area contributed by atoms with Gasteiger partial charge in [0.2, 0.25) is 0 Å². The highest BCUT2D eigenvalue weighted by atomic mass is 16.3. The van der Waals surface area contributed by atoms with Gasteiger partial charge in [-0.15, -0.1) is 10.2 Å². The lowest BCUT2D eigenvalue weighted by atomic mass is 9.97. The van der Waals surface area contributed by atoms with E-state index in [1.165, 1.54) is 0 Å². The fourth-order valence-electron chi connectivity index (χ4n) is 2.28. The molecule has 102 valence electrons. The minimum absolute atomic E-state index is 0.157. The zero-order valence-electron chi connectivity index (χ0n) is 11.3. The van der Waals surface area contributed by atoms with Crippen molar-refractivity contribution < 1.29 is 5.11 Å². The monoisotopic (exact) mass is 253 g/mol. The number of nitrogens with one attached hydrogen (secondary N) is 1. The van der Waals surface area contributed by atoms with Crippen LogP contribution < -0.4 is 5.32 Å². The summed E-state index contributed by atoms with van der Waals surface area (Å²) >= 11 is 0. The molecule has 2 N–H and O–H groups in total. The van der Waals surface area contributed by atoms with Crippen LogP contribution in [-0.4, -0.2) is 57.1 Å². The van der Waals surface area contributed by atoms with Gasteiger partial charge in [-0.1, -0.05) is 0 Å². The minimum Gasteiger partial charge on any atom is -0.394 e. The largest absolute Gasteiger partial charge is 0.394 e. The number of aliphatic hydroxyl groups is 1. The van der Waals surface area contributed by atoms with Gasteiger partial charge in [-0.05, 0) is 33.4 Å². The Kier molecular flexibility index (Phi) is 4.31. The molecule has 0 spiro atoms. The molecule has 0 radical (unpaired) electrons. The quantitative estimate of drug-likeness (QED) is 0.738. The molecule has 18 heavy (non-hydrogen) atoms. The second-order valence-electron chi connectivity index (χ2n) is 5.29. The molecule has 0 fully saturated rings. The smallest absolute Gasteiger partial charge is 0.147 e. The Labute approximate surface area is 108 Å². The predicted molar refractivity (Wildman–Crippen MR) is 69.1 cm³/mol. The topological polar surface area (TPSA) is 66.2 Å². The second-order valence-corrected chi connectivity index (χ2v) is 5.29. The van der Waals surface area contributed by atoms with E-state index in [2.05, 4.69) is 31.9 Å². The third-order valence-corrected chi connectivity index (χ3v) is 3.87. The molecule has 1 aliphatic rings. The van der Waals surface area contributed by atoms with Crippen molar-refractivity contribution in [2.75, 3.05) is 26.7 Å². The van der Waals surface area contributed by atoms with Crippen molar-refractivity contribution in [2.24, 2.45) is 0 Å². The maximum atomic E-state index is 9.33. The third-order valence-electron chi connectivity index (χ3n) is 3.87. The van der Waals surface area contributed by atoms with Gasteiger partial charge in [-0.2, -0.15) is 0 Å². The summed E-state index contributed by atoms with van der Waals surface area (Å²) in [6.07, 6.45) is 3.85. The number of hydrogen-bond donors (Lipinski definition) is 2. The molecule has 0 bridgehead atoms. The van der Waals surface area contributed by atoms with E-state index < -0.39 is 0 Å². The Morgan fingerprint density at radius 2 is 2.33 bits per heavy atom. The molecule has 0 amide bonds. The minimum atomic E-state index is -0.157. The number of fused-ring (bicyclic) bond motifs is 1. The van der Waals surface area contributed by atoms with Crippen LogP contribution in [0.4, 0.5) is 0 Å². The molecule has 1 aromatic rings. The zero-order chi connectivity index (χ0) is 13.0. The van der Waals surface area contributed by atoms with Gasteiger partial charge < -0.3 is 15.0 Å². The van der Waals surface area contributed by atoms with Crippen LogP contribution in [0.15, 0.2) is 6.33 Å². The van der Waals surface area contributed by atoms with Crippen LogP contribution in [0.2, 0.25) is 0 Å². The van der Waals surface area contributed by atoms with Crippen LogP contribution >= 0.6 is 0 Å². The first-order chi connectivity index (χ1) is 8.67. The van der Waals surface area contributed by atoms with E-state index in [9.17, 15) is 5.11 Å². The summed E-state index contributed by atoms with van der Waals surface area (Å²) in [6.45, 7) is 6.20. The first kappa shape index (κ1) is 13.5. The lowest BCUT2D eigenvalue weighted by molar-refractivity contribution is 0.157. The number of rotatable bonds is 6. The van der Waals surface area contributed by atoms with Crippen molar-refractivity contribution in [1.29, 1.82) is 0 Å². The van der Waals surface area contributed by atoms with Gasteiger partial charge in [0.15, 0.2) is 0 Å². The molecule has 1 atom stereocenters. The van der Waals surface area contributed by atoms with Crippen LogP contribution in [0.3, 0.4) is 0 Å². The van der Waals surface area contributed by atoms with Crippen LogP contribution in [0.5, 0.6) is 0 Å². The van der Waals surface area contributed by atoms with Gasteiger partial charge in [-0.25, -0.2) is 0 Å². The van der Waals surface area contributed by atoms with Gasteiger partial charge in [0.25, 0.3) is 0 Å². The average molecular weight is 253 g/mol. The first-order valence-corrected chi connectivity index (χ1v) is 6.56. The maximum Gasteiger partial charge on any atom is 0.147 e. The van der Waals surface area contributed by atoms with E-state index in [1.54, 1.807) is 6.33 Å². The molecule has 6 nitrogen and oxygen atoms in total. The van der Waals surface area contributed by atoms with E-state index in [1.807, 2.05) is 7.05 Å². The molecule has 2 heterocycles. The predicted octanol–water partition coefficient (Wildman–Crippen LogP) is -0.156. The zero-order valence-corrected chi connectivity index (χ0v) is 11.3. The molecule has 6 heteroatoms. The van der Waals surface area contributed by atoms with Gasteiger partial charge in [0, 0.05) is 18.6 Å². The summed E-state index contributed by atoms with van der Waals surface area (Å²) in [5, 5.41) is 20.6. The van der Waals surface area contributed by atoms with E-state index in [4.69, 9.17) is 0 Å². The highest BCUT2D eigenvalue weighted by Crippen LogP contribution is 2.14. The lowest BCUT2D eigenvalue weighted by Gasteiger charge is -2.30. The van der Waals surface area contributed by atoms with Crippen molar-refractivity contribution >= 4 is 0 Å². The van der Waals surface area contributed by atoms with Crippen molar-refractivity contribution in [3.63, 3.8) is 0 Å². The molecule has 0 saturated carbocycles. The average Bonchev–Trinajstić information content (AvgIpc) is 2.86. The maximum absolute atomic E-state index is 9.33. The number of aromatic nitrogens is 3. The van der Waals surface area contributed by atoms with Crippen molar-refractivity contribution in [3.05, 3.63) is 12.2 Å². The van der Waals surface area contributed by atoms with Crippen molar-refractivity contribution in [2.45, 2.75) is 38.4 Å². The van der Waals surface area contributed by atoms with Crippen LogP contribution in [0.25, 0.3) is 0 Å². The Balaban J connectivity index is 1.76. The standard InChI is InChI=1S/C12H23N5O/c1-12(9-18,13-2)4-3-5-16-6-7-17-10-14-15-11(17)8-16/h10,13,18H,3-9H2,1-2H3. The normalized spacial score (nSPS) is 19.5. The number of aliphatic hydroxyl groups excluding tert-OH is 1. The fourth-order valence-corrected chi connectivity index (χ4v) is 2.28. The molecule has 0 aliphatic carbocycles. The number of hydrogen-bond acceptors (Lipinski definition) is 5. The molecule has 2 rings (SSSR count). The van der Waals surface area contributed by atoms with Crippen molar-refractivity contribution in [1.82, 2.24) is 25.0 Å². The van der Waals surface area contributed by atoms with Gasteiger partial charge in [0.1, 0.15) is 12.2 Å². The van der Waals surface area contributed by atoms with Crippen LogP contribution in [-0.2, 0) is 13.1 Å². The molecule has 0 aromatic carbocycles. The van der Waals surface area contributed by atoms with Gasteiger partial charge in [0.05, 0.1) is 13.2 Å². The van der Waals surface area contributed by atoms with Crippen LogP contribution in [0.1, 0.15) is 25.6 Å². The SMILES string of the molecule is CNC(C)(CO)CCCN1CCn2cnnc2C1. The second kappa shape index (κ2) is 5.77. The van der Waals surface area contributed by atoms with E-state index >= 15 is 0 Å². The first-order valence-electron chi connectivity index (χ1n) is 6.56. The number of nitrogens with zero attached hydrogens (tertiary/aromatic N) is 4. The molecule has 1 aromatic heterocycles. The van der Waals surface area contributed by atoms with Gasteiger partial charge >= 0.3 is 0 Å². The lowest BCUT2D eigenvalue weighted by Crippen LogP contribution is -2.44.